The van der Waals surface area contributed by atoms with Crippen LogP contribution < -0.4 is 0 Å². The second-order valence-electron chi connectivity index (χ2n) is 4.41. The van der Waals surface area contributed by atoms with Crippen molar-refractivity contribution in [3.63, 3.8) is 0 Å². The van der Waals surface area contributed by atoms with E-state index in [1.807, 2.05) is 13.8 Å². The lowest BCUT2D eigenvalue weighted by molar-refractivity contribution is -0.133. The predicted octanol–water partition coefficient (Wildman–Crippen LogP) is 5.56. The summed E-state index contributed by atoms with van der Waals surface area (Å²) in [6, 6.07) is 10.4. The first-order chi connectivity index (χ1) is 8.39. The van der Waals surface area contributed by atoms with E-state index < -0.39 is 11.1 Å². The summed E-state index contributed by atoms with van der Waals surface area (Å²) in [6.45, 7) is 3.81. The van der Waals surface area contributed by atoms with Gasteiger partial charge in [0.15, 0.2) is 0 Å². The second kappa shape index (κ2) is 4.76. The first-order valence-corrected chi connectivity index (χ1v) is 6.47. The molecule has 4 heteroatoms. The number of benzene rings is 1. The summed E-state index contributed by atoms with van der Waals surface area (Å²) in [5.74, 6) is 0.105. The van der Waals surface area contributed by atoms with Crippen LogP contribution in [-0.4, -0.2) is 0 Å². The van der Waals surface area contributed by atoms with Gasteiger partial charge >= 0.3 is 6.18 Å². The second-order valence-corrected chi connectivity index (χ2v) is 5.49. The highest BCUT2D eigenvalue weighted by Gasteiger charge is 2.36. The molecular weight excluding hydrogens is 257 g/mol. The molecule has 0 N–H and O–H groups in total. The van der Waals surface area contributed by atoms with Gasteiger partial charge in [-0.15, -0.1) is 11.3 Å². The van der Waals surface area contributed by atoms with Crippen molar-refractivity contribution < 1.29 is 13.2 Å². The molecule has 0 aliphatic rings. The number of thiophene rings is 1. The third-order valence-corrected chi connectivity index (χ3v) is 4.14. The van der Waals surface area contributed by atoms with Crippen molar-refractivity contribution in [2.75, 3.05) is 0 Å². The summed E-state index contributed by atoms with van der Waals surface area (Å²) in [5.41, 5.74) is 0.907. The van der Waals surface area contributed by atoms with Gasteiger partial charge in [0.2, 0.25) is 0 Å². The molecule has 0 saturated heterocycles. The van der Waals surface area contributed by atoms with Gasteiger partial charge in [-0.05, 0) is 17.5 Å². The Morgan fingerprint density at radius 1 is 1.06 bits per heavy atom. The molecule has 0 nitrogen and oxygen atoms in total. The molecule has 1 heterocycles. The van der Waals surface area contributed by atoms with Gasteiger partial charge in [0.1, 0.15) is 4.88 Å². The van der Waals surface area contributed by atoms with Crippen molar-refractivity contribution in [2.24, 2.45) is 0 Å². The maximum absolute atomic E-state index is 13.0. The molecule has 0 unspecified atom stereocenters. The Morgan fingerprint density at radius 2 is 1.67 bits per heavy atom. The maximum Gasteiger partial charge on any atom is 0.426 e. The Morgan fingerprint density at radius 3 is 2.17 bits per heavy atom. The van der Waals surface area contributed by atoms with Crippen molar-refractivity contribution in [1.29, 1.82) is 0 Å². The quantitative estimate of drug-likeness (QED) is 0.670. The van der Waals surface area contributed by atoms with Crippen LogP contribution in [0.4, 0.5) is 13.2 Å². The summed E-state index contributed by atoms with van der Waals surface area (Å²) in [4.78, 5) is 0.263. The van der Waals surface area contributed by atoms with Gasteiger partial charge in [-0.2, -0.15) is 13.2 Å². The van der Waals surface area contributed by atoms with Crippen molar-refractivity contribution >= 4 is 11.3 Å². The average Bonchev–Trinajstić information content (AvgIpc) is 2.74. The van der Waals surface area contributed by atoms with Crippen molar-refractivity contribution in [3.05, 3.63) is 46.2 Å². The van der Waals surface area contributed by atoms with E-state index in [2.05, 4.69) is 0 Å². The lowest BCUT2D eigenvalue weighted by atomic mass is 10.0. The number of hydrogen-bond donors (Lipinski definition) is 0. The van der Waals surface area contributed by atoms with Crippen LogP contribution in [0.25, 0.3) is 11.1 Å². The fraction of sp³-hybridized carbons (Fsp3) is 0.286. The normalized spacial score (nSPS) is 12.1. The average molecular weight is 270 g/mol. The topological polar surface area (TPSA) is 0 Å². The minimum atomic E-state index is -4.29. The molecule has 2 aromatic rings. The standard InChI is InChI=1S/C14H13F3S/c1-9(2)12-8-11(10-6-4-3-5-7-10)13(18-12)14(15,16)17/h3-9H,1-2H3. The lowest BCUT2D eigenvalue weighted by Crippen LogP contribution is -2.03. The Bertz CT molecular complexity index is 524. The van der Waals surface area contributed by atoms with Crippen LogP contribution >= 0.6 is 11.3 Å². The van der Waals surface area contributed by atoms with E-state index in [-0.39, 0.29) is 11.5 Å². The third kappa shape index (κ3) is 2.58. The summed E-state index contributed by atoms with van der Waals surface area (Å²) < 4.78 is 39.1. The molecule has 0 atom stereocenters. The molecule has 2 rings (SSSR count). The van der Waals surface area contributed by atoms with Crippen molar-refractivity contribution in [2.45, 2.75) is 25.9 Å². The molecule has 0 radical (unpaired) electrons. The van der Waals surface area contributed by atoms with E-state index in [9.17, 15) is 13.2 Å². The summed E-state index contributed by atoms with van der Waals surface area (Å²) in [7, 11) is 0. The van der Waals surface area contributed by atoms with Crippen LogP contribution in [0.5, 0.6) is 0 Å². The predicted molar refractivity (Wildman–Crippen MR) is 68.8 cm³/mol. The number of halogens is 3. The van der Waals surface area contributed by atoms with Gasteiger partial charge in [0.05, 0.1) is 0 Å². The van der Waals surface area contributed by atoms with E-state index in [0.29, 0.717) is 5.56 Å². The molecule has 0 fully saturated rings. The summed E-state index contributed by atoms with van der Waals surface area (Å²) >= 11 is 0.844. The Balaban J connectivity index is 2.59. The monoisotopic (exact) mass is 270 g/mol. The summed E-state index contributed by atoms with van der Waals surface area (Å²) in [6.07, 6.45) is -4.29. The smallest absolute Gasteiger partial charge is 0.165 e. The molecule has 1 aromatic carbocycles. The van der Waals surface area contributed by atoms with E-state index >= 15 is 0 Å². The van der Waals surface area contributed by atoms with Crippen LogP contribution in [0.15, 0.2) is 36.4 Å². The molecular formula is C14H13F3S. The molecule has 0 amide bonds. The van der Waals surface area contributed by atoms with Crippen LogP contribution in [0.3, 0.4) is 0 Å². The molecule has 0 saturated carbocycles. The maximum atomic E-state index is 13.0. The zero-order valence-corrected chi connectivity index (χ0v) is 10.9. The Hall–Kier alpha value is -1.29. The van der Waals surface area contributed by atoms with E-state index in [4.69, 9.17) is 0 Å². The number of hydrogen-bond acceptors (Lipinski definition) is 1. The molecule has 1 aromatic heterocycles. The van der Waals surface area contributed by atoms with Crippen LogP contribution in [-0.2, 0) is 6.18 Å². The highest BCUT2D eigenvalue weighted by atomic mass is 32.1. The zero-order valence-electron chi connectivity index (χ0n) is 10.1. The number of alkyl halides is 3. The first kappa shape index (κ1) is 13.1. The minimum Gasteiger partial charge on any atom is -0.165 e. The van der Waals surface area contributed by atoms with Crippen LogP contribution in [0.1, 0.15) is 29.5 Å². The SMILES string of the molecule is CC(C)c1cc(-c2ccccc2)c(C(F)(F)F)s1. The van der Waals surface area contributed by atoms with Gasteiger partial charge in [-0.1, -0.05) is 44.2 Å². The van der Waals surface area contributed by atoms with Gasteiger partial charge in [-0.3, -0.25) is 0 Å². The fourth-order valence-electron chi connectivity index (χ4n) is 1.74. The third-order valence-electron chi connectivity index (χ3n) is 2.66. The molecule has 0 spiro atoms. The van der Waals surface area contributed by atoms with Gasteiger partial charge in [0.25, 0.3) is 0 Å². The van der Waals surface area contributed by atoms with Crippen molar-refractivity contribution in [1.82, 2.24) is 0 Å². The molecule has 96 valence electrons. The highest BCUT2D eigenvalue weighted by Crippen LogP contribution is 2.44. The van der Waals surface area contributed by atoms with Crippen molar-refractivity contribution in [3.8, 4) is 11.1 Å². The summed E-state index contributed by atoms with van der Waals surface area (Å²) in [5, 5.41) is 0. The Kier molecular flexibility index (Phi) is 3.48. The minimum absolute atomic E-state index is 0.105. The molecule has 0 aliphatic heterocycles. The first-order valence-electron chi connectivity index (χ1n) is 5.66. The van der Waals surface area contributed by atoms with Gasteiger partial charge in [0, 0.05) is 10.4 Å². The molecule has 18 heavy (non-hydrogen) atoms. The van der Waals surface area contributed by atoms with Crippen LogP contribution in [0, 0.1) is 0 Å². The molecule has 0 aliphatic carbocycles. The van der Waals surface area contributed by atoms with E-state index in [1.165, 1.54) is 0 Å². The fourth-order valence-corrected chi connectivity index (χ4v) is 2.79. The van der Waals surface area contributed by atoms with E-state index in [1.54, 1.807) is 36.4 Å². The molecule has 0 bridgehead atoms. The zero-order chi connectivity index (χ0) is 13.3. The van der Waals surface area contributed by atoms with Gasteiger partial charge < -0.3 is 0 Å². The van der Waals surface area contributed by atoms with E-state index in [0.717, 1.165) is 16.2 Å². The Labute approximate surface area is 108 Å². The highest BCUT2D eigenvalue weighted by molar-refractivity contribution is 7.12. The largest absolute Gasteiger partial charge is 0.426 e. The van der Waals surface area contributed by atoms with Crippen LogP contribution in [0.2, 0.25) is 0 Å². The van der Waals surface area contributed by atoms with Gasteiger partial charge in [-0.25, -0.2) is 0 Å². The number of rotatable bonds is 2. The lowest BCUT2D eigenvalue weighted by Gasteiger charge is -2.07.